The van der Waals surface area contributed by atoms with Crippen LogP contribution in [0.4, 0.5) is 5.69 Å². The number of fused-ring (bicyclic) bond motifs is 1. The number of carboxylic acid groups (broad SMARTS) is 1. The second kappa shape index (κ2) is 7.31. The summed E-state index contributed by atoms with van der Waals surface area (Å²) in [6.45, 7) is 1.46. The molecule has 2 aromatic rings. The van der Waals surface area contributed by atoms with Crippen LogP contribution in [0, 0.1) is 0 Å². The first-order chi connectivity index (χ1) is 13.6. The van der Waals surface area contributed by atoms with Crippen LogP contribution in [0.25, 0.3) is 0 Å². The fourth-order valence-corrected chi connectivity index (χ4v) is 3.73. The van der Waals surface area contributed by atoms with Gasteiger partial charge in [0.25, 0.3) is 0 Å². The van der Waals surface area contributed by atoms with E-state index in [1.165, 1.54) is 12.1 Å². The number of nitrogens with one attached hydrogen (secondary N) is 1. The smallest absolute Gasteiger partial charge is 0.212 e. The molecule has 1 aliphatic carbocycles. The predicted molar refractivity (Wildman–Crippen MR) is 102 cm³/mol. The first kappa shape index (κ1) is 18.0. The van der Waals surface area contributed by atoms with E-state index < -0.39 is 5.97 Å². The van der Waals surface area contributed by atoms with Crippen LogP contribution >= 0.6 is 0 Å². The Balaban J connectivity index is 1.77. The van der Waals surface area contributed by atoms with E-state index in [1.54, 1.807) is 36.4 Å². The molecule has 1 aliphatic heterocycles. The lowest BCUT2D eigenvalue weighted by atomic mass is 9.89. The van der Waals surface area contributed by atoms with Gasteiger partial charge in [0.05, 0.1) is 5.97 Å². The zero-order valence-electron chi connectivity index (χ0n) is 15.2. The molecule has 0 aromatic heterocycles. The van der Waals surface area contributed by atoms with Crippen molar-refractivity contribution < 1.29 is 19.5 Å². The molecule has 0 saturated carbocycles. The molecular formula is C22H19N2O4-. The Hall–Kier alpha value is -3.41. The molecule has 6 nitrogen and oxygen atoms in total. The number of allylic oxidation sites excluding steroid dienone is 2. The molecule has 1 fully saturated rings. The normalized spacial score (nSPS) is 16.8. The quantitative estimate of drug-likeness (QED) is 0.882. The number of hydrogen-bond donors (Lipinski definition) is 1. The highest BCUT2D eigenvalue weighted by Crippen LogP contribution is 2.31. The molecule has 0 radical (unpaired) electrons. The van der Waals surface area contributed by atoms with Gasteiger partial charge < -0.3 is 20.1 Å². The van der Waals surface area contributed by atoms with Crippen molar-refractivity contribution in [2.75, 3.05) is 18.4 Å². The molecule has 1 N–H and O–H groups in total. The van der Waals surface area contributed by atoms with Gasteiger partial charge in [-0.25, -0.2) is 0 Å². The van der Waals surface area contributed by atoms with Gasteiger partial charge in [0, 0.05) is 29.9 Å². The number of piperidine rings is 1. The zero-order chi connectivity index (χ0) is 19.7. The van der Waals surface area contributed by atoms with E-state index in [4.69, 9.17) is 0 Å². The SMILES string of the molecule is O=C([O-])c1ccc(NC2=C(N3CCCCC3)C(=O)c3ccccc3C2=O)cc1. The summed E-state index contributed by atoms with van der Waals surface area (Å²) in [5.41, 5.74) is 2.02. The van der Waals surface area contributed by atoms with E-state index in [9.17, 15) is 19.5 Å². The van der Waals surface area contributed by atoms with Crippen molar-refractivity contribution in [3.05, 3.63) is 76.6 Å². The van der Waals surface area contributed by atoms with E-state index in [1.807, 2.05) is 4.90 Å². The van der Waals surface area contributed by atoms with Gasteiger partial charge in [0.2, 0.25) is 11.6 Å². The van der Waals surface area contributed by atoms with Crippen molar-refractivity contribution in [1.82, 2.24) is 4.90 Å². The fourth-order valence-electron chi connectivity index (χ4n) is 3.73. The molecule has 0 bridgehead atoms. The van der Waals surface area contributed by atoms with Crippen molar-refractivity contribution in [3.63, 3.8) is 0 Å². The van der Waals surface area contributed by atoms with Crippen LogP contribution in [0.3, 0.4) is 0 Å². The van der Waals surface area contributed by atoms with Crippen LogP contribution in [0.2, 0.25) is 0 Å². The predicted octanol–water partition coefficient (Wildman–Crippen LogP) is 2.24. The molecule has 0 amide bonds. The Morgan fingerprint density at radius 3 is 2.07 bits per heavy atom. The third-order valence-corrected chi connectivity index (χ3v) is 5.16. The molecule has 2 aliphatic rings. The number of carbonyl (C=O) groups is 3. The van der Waals surface area contributed by atoms with Gasteiger partial charge in [-0.15, -0.1) is 0 Å². The van der Waals surface area contributed by atoms with E-state index in [0.717, 1.165) is 32.4 Å². The van der Waals surface area contributed by atoms with Gasteiger partial charge in [-0.2, -0.15) is 0 Å². The van der Waals surface area contributed by atoms with E-state index in [0.29, 0.717) is 22.5 Å². The maximum Gasteiger partial charge on any atom is 0.212 e. The zero-order valence-corrected chi connectivity index (χ0v) is 15.2. The van der Waals surface area contributed by atoms with Crippen molar-refractivity contribution in [3.8, 4) is 0 Å². The Morgan fingerprint density at radius 1 is 0.857 bits per heavy atom. The summed E-state index contributed by atoms with van der Waals surface area (Å²) >= 11 is 0. The molecule has 142 valence electrons. The molecule has 0 unspecified atom stereocenters. The second-order valence-corrected chi connectivity index (χ2v) is 6.96. The van der Waals surface area contributed by atoms with Gasteiger partial charge in [0.15, 0.2) is 0 Å². The Morgan fingerprint density at radius 2 is 1.46 bits per heavy atom. The van der Waals surface area contributed by atoms with Gasteiger partial charge in [0.1, 0.15) is 11.4 Å². The highest BCUT2D eigenvalue weighted by molar-refractivity contribution is 6.27. The standard InChI is InChI=1S/C22H20N2O4/c25-20-16-6-2-3-7-17(16)21(26)19(24-12-4-1-5-13-24)18(20)23-15-10-8-14(9-11-15)22(27)28/h2-3,6-11,23H,1,4-5,12-13H2,(H,27,28)/p-1. The van der Waals surface area contributed by atoms with Crippen molar-refractivity contribution >= 4 is 23.2 Å². The minimum absolute atomic E-state index is 0.0483. The Kier molecular flexibility index (Phi) is 4.69. The third-order valence-electron chi connectivity index (χ3n) is 5.16. The molecular weight excluding hydrogens is 356 g/mol. The van der Waals surface area contributed by atoms with Gasteiger partial charge in [-0.3, -0.25) is 9.59 Å². The summed E-state index contributed by atoms with van der Waals surface area (Å²) in [6, 6.07) is 12.8. The molecule has 1 saturated heterocycles. The number of aromatic carboxylic acids is 1. The summed E-state index contributed by atoms with van der Waals surface area (Å²) in [5, 5.41) is 14.0. The number of benzene rings is 2. The number of Topliss-reactive ketones (excluding diaryl/α,β-unsaturated/α-hetero) is 2. The molecule has 28 heavy (non-hydrogen) atoms. The molecule has 4 rings (SSSR count). The number of carbonyl (C=O) groups excluding carboxylic acids is 3. The third kappa shape index (κ3) is 3.17. The van der Waals surface area contributed by atoms with E-state index >= 15 is 0 Å². The van der Waals surface area contributed by atoms with E-state index in [-0.39, 0.29) is 22.8 Å². The minimum Gasteiger partial charge on any atom is -0.545 e. The monoisotopic (exact) mass is 375 g/mol. The summed E-state index contributed by atoms with van der Waals surface area (Å²) in [5.74, 6) is -1.66. The molecule has 6 heteroatoms. The van der Waals surface area contributed by atoms with Gasteiger partial charge in [-0.05, 0) is 37.0 Å². The number of hydrogen-bond acceptors (Lipinski definition) is 6. The number of ketones is 2. The molecule has 1 heterocycles. The molecule has 0 spiro atoms. The first-order valence-corrected chi connectivity index (χ1v) is 9.32. The number of likely N-dealkylation sites (tertiary alicyclic amines) is 1. The minimum atomic E-state index is -1.27. The van der Waals surface area contributed by atoms with E-state index in [2.05, 4.69) is 5.32 Å². The average Bonchev–Trinajstić information content (AvgIpc) is 2.73. The fraction of sp³-hybridized carbons (Fsp3) is 0.227. The highest BCUT2D eigenvalue weighted by atomic mass is 16.4. The van der Waals surface area contributed by atoms with Crippen LogP contribution in [0.5, 0.6) is 0 Å². The number of anilines is 1. The number of carboxylic acids is 1. The summed E-state index contributed by atoms with van der Waals surface area (Å²) < 4.78 is 0. The summed E-state index contributed by atoms with van der Waals surface area (Å²) in [7, 11) is 0. The number of rotatable bonds is 4. The lowest BCUT2D eigenvalue weighted by Gasteiger charge is -2.34. The van der Waals surface area contributed by atoms with Crippen molar-refractivity contribution in [1.29, 1.82) is 0 Å². The van der Waals surface area contributed by atoms with Gasteiger partial charge in [-0.1, -0.05) is 36.4 Å². The summed E-state index contributed by atoms with van der Waals surface area (Å²) in [4.78, 5) is 39.3. The first-order valence-electron chi connectivity index (χ1n) is 9.32. The topological polar surface area (TPSA) is 89.5 Å². The van der Waals surface area contributed by atoms with Crippen LogP contribution in [0.1, 0.15) is 50.3 Å². The lowest BCUT2D eigenvalue weighted by Crippen LogP contribution is -2.39. The van der Waals surface area contributed by atoms with Crippen molar-refractivity contribution in [2.24, 2.45) is 0 Å². The van der Waals surface area contributed by atoms with Crippen molar-refractivity contribution in [2.45, 2.75) is 19.3 Å². The Bertz CT molecular complexity index is 986. The van der Waals surface area contributed by atoms with Crippen LogP contribution in [0.15, 0.2) is 59.9 Å². The maximum absolute atomic E-state index is 13.2. The molecule has 0 atom stereocenters. The van der Waals surface area contributed by atoms with Crippen LogP contribution < -0.4 is 10.4 Å². The van der Waals surface area contributed by atoms with Crippen LogP contribution in [-0.4, -0.2) is 35.5 Å². The average molecular weight is 375 g/mol. The largest absolute Gasteiger partial charge is 0.545 e. The second-order valence-electron chi connectivity index (χ2n) is 6.96. The highest BCUT2D eigenvalue weighted by Gasteiger charge is 2.35. The Labute approximate surface area is 162 Å². The number of nitrogens with zero attached hydrogens (tertiary/aromatic N) is 1. The summed E-state index contributed by atoms with van der Waals surface area (Å²) in [6.07, 6.45) is 3.05. The molecule has 2 aromatic carbocycles. The van der Waals surface area contributed by atoms with Crippen LogP contribution in [-0.2, 0) is 0 Å². The van der Waals surface area contributed by atoms with Gasteiger partial charge >= 0.3 is 0 Å². The lowest BCUT2D eigenvalue weighted by molar-refractivity contribution is -0.255. The maximum atomic E-state index is 13.2.